The zero-order valence-electron chi connectivity index (χ0n) is 10.9. The Morgan fingerprint density at radius 1 is 0.941 bits per heavy atom. The molecule has 0 saturated heterocycles. The van der Waals surface area contributed by atoms with Crippen molar-refractivity contribution in [1.29, 1.82) is 0 Å². The van der Waals surface area contributed by atoms with Crippen molar-refractivity contribution >= 4 is 0 Å². The number of benzene rings is 1. The number of hydrogen-bond donors (Lipinski definition) is 1. The number of allylic oxidation sites excluding steroid dienone is 2. The van der Waals surface area contributed by atoms with Crippen molar-refractivity contribution in [3.05, 3.63) is 42.0 Å². The van der Waals surface area contributed by atoms with Crippen LogP contribution in [0.4, 0.5) is 0 Å². The lowest BCUT2D eigenvalue weighted by Crippen LogP contribution is -1.83. The molecule has 0 bridgehead atoms. The van der Waals surface area contributed by atoms with Crippen LogP contribution in [0.15, 0.2) is 36.4 Å². The minimum Gasteiger partial charge on any atom is -0.508 e. The minimum absolute atomic E-state index is 0.351. The lowest BCUT2D eigenvalue weighted by molar-refractivity contribution is 0.475. The molecule has 17 heavy (non-hydrogen) atoms. The van der Waals surface area contributed by atoms with Gasteiger partial charge in [-0.05, 0) is 49.8 Å². The normalized spacial score (nSPS) is 11.1. The summed E-state index contributed by atoms with van der Waals surface area (Å²) in [7, 11) is 0. The first-order chi connectivity index (χ1) is 8.33. The Morgan fingerprint density at radius 3 is 2.24 bits per heavy atom. The van der Waals surface area contributed by atoms with Crippen LogP contribution in [0.2, 0.25) is 0 Å². The summed E-state index contributed by atoms with van der Waals surface area (Å²) in [5, 5.41) is 9.16. The van der Waals surface area contributed by atoms with E-state index in [2.05, 4.69) is 19.1 Å². The molecule has 0 saturated carbocycles. The van der Waals surface area contributed by atoms with E-state index in [1.165, 1.54) is 37.7 Å². The average Bonchev–Trinajstić information content (AvgIpc) is 2.35. The van der Waals surface area contributed by atoms with Gasteiger partial charge in [-0.3, -0.25) is 0 Å². The molecular formula is C16H24O. The number of phenols is 1. The van der Waals surface area contributed by atoms with E-state index < -0.39 is 0 Å². The zero-order valence-corrected chi connectivity index (χ0v) is 10.9. The third-order valence-corrected chi connectivity index (χ3v) is 2.91. The summed E-state index contributed by atoms with van der Waals surface area (Å²) >= 11 is 0. The van der Waals surface area contributed by atoms with E-state index in [4.69, 9.17) is 5.11 Å². The molecule has 1 aromatic rings. The van der Waals surface area contributed by atoms with Gasteiger partial charge in [0.2, 0.25) is 0 Å². The third kappa shape index (κ3) is 6.83. The van der Waals surface area contributed by atoms with Gasteiger partial charge in [0.1, 0.15) is 5.75 Å². The summed E-state index contributed by atoms with van der Waals surface area (Å²) in [6, 6.07) is 7.52. The Bertz CT molecular complexity index is 311. The predicted octanol–water partition coefficient (Wildman–Crippen LogP) is 4.85. The summed E-state index contributed by atoms with van der Waals surface area (Å²) < 4.78 is 0. The van der Waals surface area contributed by atoms with Crippen molar-refractivity contribution in [2.24, 2.45) is 0 Å². The average molecular weight is 232 g/mol. The number of aryl methyl sites for hydroxylation is 1. The Kier molecular flexibility index (Phi) is 7.20. The molecule has 0 aromatic heterocycles. The zero-order chi connectivity index (χ0) is 12.3. The van der Waals surface area contributed by atoms with Gasteiger partial charge in [0.25, 0.3) is 0 Å². The molecule has 1 aromatic carbocycles. The van der Waals surface area contributed by atoms with Gasteiger partial charge >= 0.3 is 0 Å². The Morgan fingerprint density at radius 2 is 1.59 bits per heavy atom. The Balaban J connectivity index is 2.05. The Labute approximate surface area is 105 Å². The fourth-order valence-corrected chi connectivity index (χ4v) is 1.83. The first kappa shape index (κ1) is 13.8. The molecule has 1 rings (SSSR count). The van der Waals surface area contributed by atoms with Crippen molar-refractivity contribution in [1.82, 2.24) is 0 Å². The van der Waals surface area contributed by atoms with Crippen molar-refractivity contribution in [2.45, 2.75) is 51.9 Å². The summed E-state index contributed by atoms with van der Waals surface area (Å²) in [5.41, 5.74) is 1.31. The third-order valence-electron chi connectivity index (χ3n) is 2.91. The molecule has 0 radical (unpaired) electrons. The quantitative estimate of drug-likeness (QED) is 0.501. The van der Waals surface area contributed by atoms with Crippen LogP contribution < -0.4 is 0 Å². The van der Waals surface area contributed by atoms with Crippen molar-refractivity contribution in [2.75, 3.05) is 0 Å². The molecule has 1 nitrogen and oxygen atoms in total. The van der Waals surface area contributed by atoms with Crippen LogP contribution in [-0.4, -0.2) is 5.11 Å². The van der Waals surface area contributed by atoms with Gasteiger partial charge < -0.3 is 5.11 Å². The van der Waals surface area contributed by atoms with Crippen LogP contribution in [0.1, 0.15) is 51.0 Å². The van der Waals surface area contributed by atoms with Gasteiger partial charge in [0.15, 0.2) is 0 Å². The Hall–Kier alpha value is -1.24. The highest BCUT2D eigenvalue weighted by Gasteiger charge is 1.92. The number of rotatable bonds is 8. The first-order valence-electron chi connectivity index (χ1n) is 6.76. The van der Waals surface area contributed by atoms with Crippen LogP contribution >= 0.6 is 0 Å². The number of phenolic OH excluding ortho intramolecular Hbond substituents is 1. The second-order valence-corrected chi connectivity index (χ2v) is 4.53. The molecule has 0 atom stereocenters. The summed E-state index contributed by atoms with van der Waals surface area (Å²) in [6.45, 7) is 2.24. The van der Waals surface area contributed by atoms with Crippen LogP contribution in [0.25, 0.3) is 0 Å². The fraction of sp³-hybridized carbons (Fsp3) is 0.500. The van der Waals surface area contributed by atoms with Crippen LogP contribution in [0, 0.1) is 0 Å². The van der Waals surface area contributed by atoms with E-state index in [0.29, 0.717) is 5.75 Å². The highest BCUT2D eigenvalue weighted by atomic mass is 16.3. The lowest BCUT2D eigenvalue weighted by atomic mass is 10.1. The van der Waals surface area contributed by atoms with E-state index in [1.54, 1.807) is 12.1 Å². The smallest absolute Gasteiger partial charge is 0.115 e. The first-order valence-corrected chi connectivity index (χ1v) is 6.76. The standard InChI is InChI=1S/C16H24O/c1-2-3-4-5-6-7-8-9-10-15-11-13-16(17)14-12-15/h6-7,11-14,17H,2-5,8-10H2,1H3/b7-6+. The molecule has 0 unspecified atom stereocenters. The summed E-state index contributed by atoms with van der Waals surface area (Å²) in [4.78, 5) is 0. The maximum absolute atomic E-state index is 9.16. The summed E-state index contributed by atoms with van der Waals surface area (Å²) in [5.74, 6) is 0.351. The maximum atomic E-state index is 9.16. The highest BCUT2D eigenvalue weighted by Crippen LogP contribution is 2.12. The van der Waals surface area contributed by atoms with E-state index in [0.717, 1.165) is 12.8 Å². The topological polar surface area (TPSA) is 20.2 Å². The highest BCUT2D eigenvalue weighted by molar-refractivity contribution is 5.25. The number of unbranched alkanes of at least 4 members (excludes halogenated alkanes) is 4. The predicted molar refractivity (Wildman–Crippen MR) is 74.3 cm³/mol. The van der Waals surface area contributed by atoms with Gasteiger partial charge in [-0.2, -0.15) is 0 Å². The molecule has 1 N–H and O–H groups in total. The van der Waals surface area contributed by atoms with Crippen LogP contribution in [0.5, 0.6) is 5.75 Å². The molecular weight excluding hydrogens is 208 g/mol. The van der Waals surface area contributed by atoms with E-state index >= 15 is 0 Å². The molecule has 94 valence electrons. The molecule has 0 spiro atoms. The van der Waals surface area contributed by atoms with Gasteiger partial charge in [-0.25, -0.2) is 0 Å². The van der Waals surface area contributed by atoms with Crippen LogP contribution in [0.3, 0.4) is 0 Å². The SMILES string of the molecule is CCCCC/C=C/CCCc1ccc(O)cc1. The molecule has 0 aliphatic carbocycles. The van der Waals surface area contributed by atoms with Gasteiger partial charge in [0.05, 0.1) is 0 Å². The van der Waals surface area contributed by atoms with E-state index in [1.807, 2.05) is 12.1 Å². The van der Waals surface area contributed by atoms with E-state index in [9.17, 15) is 0 Å². The monoisotopic (exact) mass is 232 g/mol. The van der Waals surface area contributed by atoms with Crippen LogP contribution in [-0.2, 0) is 6.42 Å². The maximum Gasteiger partial charge on any atom is 0.115 e. The number of hydrogen-bond acceptors (Lipinski definition) is 1. The molecule has 0 amide bonds. The molecule has 0 aliphatic rings. The fourth-order valence-electron chi connectivity index (χ4n) is 1.83. The van der Waals surface area contributed by atoms with Crippen molar-refractivity contribution in [3.8, 4) is 5.75 Å². The molecule has 0 aliphatic heterocycles. The lowest BCUT2D eigenvalue weighted by Gasteiger charge is -1.99. The summed E-state index contributed by atoms with van der Waals surface area (Å²) in [6.07, 6.45) is 13.3. The molecule has 0 heterocycles. The number of aromatic hydroxyl groups is 1. The second-order valence-electron chi connectivity index (χ2n) is 4.53. The van der Waals surface area contributed by atoms with Crippen molar-refractivity contribution in [3.63, 3.8) is 0 Å². The van der Waals surface area contributed by atoms with Gasteiger partial charge in [0, 0.05) is 0 Å². The van der Waals surface area contributed by atoms with E-state index in [-0.39, 0.29) is 0 Å². The van der Waals surface area contributed by atoms with Crippen molar-refractivity contribution < 1.29 is 5.11 Å². The largest absolute Gasteiger partial charge is 0.508 e. The minimum atomic E-state index is 0.351. The van der Waals surface area contributed by atoms with Gasteiger partial charge in [-0.1, -0.05) is 44.1 Å². The van der Waals surface area contributed by atoms with Gasteiger partial charge in [-0.15, -0.1) is 0 Å². The molecule has 1 heteroatoms. The second kappa shape index (κ2) is 8.86. The molecule has 0 fully saturated rings.